The van der Waals surface area contributed by atoms with Crippen LogP contribution in [0.25, 0.3) is 0 Å². The number of hydrogen-bond donors (Lipinski definition) is 1. The van der Waals surface area contributed by atoms with Crippen molar-refractivity contribution < 1.29 is 4.42 Å². The first-order valence-corrected chi connectivity index (χ1v) is 7.81. The normalized spacial score (nSPS) is 24.4. The average molecular weight is 253 g/mol. The van der Waals surface area contributed by atoms with E-state index in [0.717, 1.165) is 29.7 Å². The van der Waals surface area contributed by atoms with Crippen molar-refractivity contribution in [3.05, 3.63) is 23.7 Å². The van der Waals surface area contributed by atoms with Crippen molar-refractivity contribution in [1.82, 2.24) is 5.32 Å². The lowest BCUT2D eigenvalue weighted by atomic mass is 10.2. The van der Waals surface area contributed by atoms with Crippen LogP contribution < -0.4 is 5.32 Å². The molecule has 3 heteroatoms. The van der Waals surface area contributed by atoms with E-state index >= 15 is 0 Å². The zero-order chi connectivity index (χ0) is 12.1. The molecular weight excluding hydrogens is 230 g/mol. The lowest BCUT2D eigenvalue weighted by Crippen LogP contribution is -2.33. The van der Waals surface area contributed by atoms with Crippen LogP contribution in [0.1, 0.15) is 44.6 Å². The molecule has 1 saturated carbocycles. The fraction of sp³-hybridized carbons (Fsp3) is 0.714. The third-order valence-corrected chi connectivity index (χ3v) is 4.76. The van der Waals surface area contributed by atoms with E-state index in [2.05, 4.69) is 43.1 Å². The van der Waals surface area contributed by atoms with Crippen LogP contribution in [0, 0.1) is 0 Å². The van der Waals surface area contributed by atoms with Gasteiger partial charge in [0.05, 0.1) is 6.54 Å². The van der Waals surface area contributed by atoms with Crippen molar-refractivity contribution in [3.63, 3.8) is 0 Å². The molecule has 1 aromatic rings. The van der Waals surface area contributed by atoms with Gasteiger partial charge in [0, 0.05) is 17.7 Å². The number of rotatable bonds is 6. The molecule has 2 nitrogen and oxygen atoms in total. The number of hydrogen-bond acceptors (Lipinski definition) is 3. The lowest BCUT2D eigenvalue weighted by molar-refractivity contribution is 0.428. The molecule has 1 aliphatic carbocycles. The molecule has 1 N–H and O–H groups in total. The Labute approximate surface area is 109 Å². The minimum atomic E-state index is 0.676. The van der Waals surface area contributed by atoms with Crippen LogP contribution in [0.15, 0.2) is 16.5 Å². The first kappa shape index (κ1) is 13.0. The lowest BCUT2D eigenvalue weighted by Gasteiger charge is -2.19. The smallest absolute Gasteiger partial charge is 0.117 e. The van der Waals surface area contributed by atoms with E-state index in [1.807, 2.05) is 0 Å². The Hall–Kier alpha value is -0.410. The van der Waals surface area contributed by atoms with Crippen LogP contribution >= 0.6 is 11.8 Å². The summed E-state index contributed by atoms with van der Waals surface area (Å²) in [6.45, 7) is 5.26. The molecular formula is C14H23NOS. The molecule has 1 aromatic heterocycles. The zero-order valence-corrected chi connectivity index (χ0v) is 11.7. The largest absolute Gasteiger partial charge is 0.465 e. The van der Waals surface area contributed by atoms with E-state index in [9.17, 15) is 0 Å². The average Bonchev–Trinajstić information content (AvgIpc) is 2.95. The third-order valence-electron chi connectivity index (χ3n) is 3.44. The molecule has 2 atom stereocenters. The fourth-order valence-electron chi connectivity index (χ4n) is 2.51. The van der Waals surface area contributed by atoms with Crippen LogP contribution in [-0.4, -0.2) is 17.0 Å². The van der Waals surface area contributed by atoms with Gasteiger partial charge in [-0.15, -0.1) is 0 Å². The van der Waals surface area contributed by atoms with Crippen LogP contribution in [0.3, 0.4) is 0 Å². The Morgan fingerprint density at radius 3 is 2.82 bits per heavy atom. The van der Waals surface area contributed by atoms with Crippen LogP contribution in [-0.2, 0) is 13.0 Å². The molecule has 0 amide bonds. The summed E-state index contributed by atoms with van der Waals surface area (Å²) >= 11 is 2.10. The van der Waals surface area contributed by atoms with Gasteiger partial charge >= 0.3 is 0 Å². The molecule has 1 heterocycles. The predicted molar refractivity (Wildman–Crippen MR) is 74.5 cm³/mol. The van der Waals surface area contributed by atoms with E-state index in [0.29, 0.717) is 6.04 Å². The van der Waals surface area contributed by atoms with Gasteiger partial charge in [-0.25, -0.2) is 0 Å². The van der Waals surface area contributed by atoms with E-state index in [-0.39, 0.29) is 0 Å². The van der Waals surface area contributed by atoms with Crippen LogP contribution in [0.2, 0.25) is 0 Å². The Balaban J connectivity index is 1.80. The zero-order valence-electron chi connectivity index (χ0n) is 10.9. The summed E-state index contributed by atoms with van der Waals surface area (Å²) in [5.41, 5.74) is 0. The molecule has 0 aliphatic heterocycles. The second kappa shape index (κ2) is 6.50. The Kier molecular flexibility index (Phi) is 4.99. The van der Waals surface area contributed by atoms with Crippen LogP contribution in [0.5, 0.6) is 0 Å². The van der Waals surface area contributed by atoms with Gasteiger partial charge in [-0.3, -0.25) is 0 Å². The molecule has 0 bridgehead atoms. The fourth-order valence-corrected chi connectivity index (χ4v) is 3.74. The minimum Gasteiger partial charge on any atom is -0.465 e. The molecule has 0 radical (unpaired) electrons. The van der Waals surface area contributed by atoms with Gasteiger partial charge in [0.1, 0.15) is 11.5 Å². The van der Waals surface area contributed by atoms with E-state index in [1.165, 1.54) is 25.0 Å². The maximum absolute atomic E-state index is 5.72. The van der Waals surface area contributed by atoms with Crippen molar-refractivity contribution in [2.75, 3.05) is 5.75 Å². The number of nitrogens with one attached hydrogen (secondary N) is 1. The molecule has 2 unspecified atom stereocenters. The first-order chi connectivity index (χ1) is 8.33. The van der Waals surface area contributed by atoms with Crippen molar-refractivity contribution >= 4 is 11.8 Å². The number of aryl methyl sites for hydroxylation is 1. The van der Waals surface area contributed by atoms with E-state index in [4.69, 9.17) is 4.42 Å². The molecule has 17 heavy (non-hydrogen) atoms. The van der Waals surface area contributed by atoms with Gasteiger partial charge in [-0.05, 0) is 30.7 Å². The van der Waals surface area contributed by atoms with Crippen molar-refractivity contribution in [2.45, 2.75) is 57.4 Å². The predicted octanol–water partition coefficient (Wildman–Crippen LogP) is 3.61. The highest BCUT2D eigenvalue weighted by Crippen LogP contribution is 2.30. The topological polar surface area (TPSA) is 25.2 Å². The minimum absolute atomic E-state index is 0.676. The quantitative estimate of drug-likeness (QED) is 0.838. The number of thioether (sulfide) groups is 1. The summed E-state index contributed by atoms with van der Waals surface area (Å²) in [6, 6.07) is 4.86. The van der Waals surface area contributed by atoms with Gasteiger partial charge in [0.15, 0.2) is 0 Å². The Bertz CT molecular complexity index is 337. The maximum Gasteiger partial charge on any atom is 0.117 e. The van der Waals surface area contributed by atoms with Crippen molar-refractivity contribution in [1.29, 1.82) is 0 Å². The highest BCUT2D eigenvalue weighted by atomic mass is 32.2. The molecule has 2 rings (SSSR count). The Morgan fingerprint density at radius 1 is 1.29 bits per heavy atom. The number of furan rings is 1. The van der Waals surface area contributed by atoms with Gasteiger partial charge in [0.2, 0.25) is 0 Å². The van der Waals surface area contributed by atoms with Crippen LogP contribution in [0.4, 0.5) is 0 Å². The Morgan fingerprint density at radius 2 is 2.12 bits per heavy atom. The highest BCUT2D eigenvalue weighted by Gasteiger charge is 2.26. The molecule has 1 fully saturated rings. The standard InChI is InChI=1S/C14H23NOS/c1-3-11-8-9-12(16-11)10-15-13-6-5-7-14(13)17-4-2/h8-9,13-15H,3-7,10H2,1-2H3. The molecule has 0 spiro atoms. The maximum atomic E-state index is 5.72. The van der Waals surface area contributed by atoms with Gasteiger partial charge in [-0.1, -0.05) is 20.3 Å². The third kappa shape index (κ3) is 3.52. The summed E-state index contributed by atoms with van der Waals surface area (Å²) in [6.07, 6.45) is 5.04. The summed E-state index contributed by atoms with van der Waals surface area (Å²) in [4.78, 5) is 0. The summed E-state index contributed by atoms with van der Waals surface area (Å²) < 4.78 is 5.72. The van der Waals surface area contributed by atoms with Gasteiger partial charge in [0.25, 0.3) is 0 Å². The second-order valence-electron chi connectivity index (χ2n) is 4.63. The molecule has 96 valence electrons. The first-order valence-electron chi connectivity index (χ1n) is 6.76. The van der Waals surface area contributed by atoms with Gasteiger partial charge < -0.3 is 9.73 Å². The summed E-state index contributed by atoms with van der Waals surface area (Å²) in [7, 11) is 0. The second-order valence-corrected chi connectivity index (χ2v) is 6.15. The van der Waals surface area contributed by atoms with Crippen molar-refractivity contribution in [3.8, 4) is 0 Å². The molecule has 0 saturated heterocycles. The van der Waals surface area contributed by atoms with E-state index in [1.54, 1.807) is 0 Å². The SMILES string of the molecule is CCSC1CCCC1NCc1ccc(CC)o1. The molecule has 1 aliphatic rings. The van der Waals surface area contributed by atoms with Crippen molar-refractivity contribution in [2.24, 2.45) is 0 Å². The highest BCUT2D eigenvalue weighted by molar-refractivity contribution is 7.99. The summed E-state index contributed by atoms with van der Waals surface area (Å²) in [5.74, 6) is 3.39. The molecule has 0 aromatic carbocycles. The summed E-state index contributed by atoms with van der Waals surface area (Å²) in [5, 5.41) is 4.46. The van der Waals surface area contributed by atoms with Gasteiger partial charge in [-0.2, -0.15) is 11.8 Å². The van der Waals surface area contributed by atoms with E-state index < -0.39 is 0 Å². The monoisotopic (exact) mass is 253 g/mol.